The molecule has 0 radical (unpaired) electrons. The summed E-state index contributed by atoms with van der Waals surface area (Å²) in [6, 6.07) is 0. The van der Waals surface area contributed by atoms with Gasteiger partial charge in [-0.05, 0) is 64.7 Å². The predicted octanol–water partition coefficient (Wildman–Crippen LogP) is 2.08. The zero-order valence-electron chi connectivity index (χ0n) is 14.1. The predicted molar refractivity (Wildman–Crippen MR) is 88.6 cm³/mol. The summed E-state index contributed by atoms with van der Waals surface area (Å²) in [6.07, 6.45) is 7.77. The molecule has 4 heteroatoms. The standard InChI is InChI=1S/C17H35N3O/c1-3-13-21-16-7-5-11-20(14-16)17(15-18)8-6-10-19(4-2)12-9-17/h16H,3-15,18H2,1-2H3. The Hall–Kier alpha value is -0.160. The number of hydrogen-bond acceptors (Lipinski definition) is 4. The van der Waals surface area contributed by atoms with Crippen LogP contribution in [0.5, 0.6) is 0 Å². The minimum Gasteiger partial charge on any atom is -0.377 e. The van der Waals surface area contributed by atoms with E-state index in [1.165, 1.54) is 58.3 Å². The fraction of sp³-hybridized carbons (Fsp3) is 1.00. The van der Waals surface area contributed by atoms with E-state index in [0.717, 1.165) is 26.1 Å². The van der Waals surface area contributed by atoms with Crippen LogP contribution in [0.15, 0.2) is 0 Å². The topological polar surface area (TPSA) is 41.7 Å². The van der Waals surface area contributed by atoms with Gasteiger partial charge in [-0.1, -0.05) is 13.8 Å². The van der Waals surface area contributed by atoms with Crippen molar-refractivity contribution in [3.05, 3.63) is 0 Å². The van der Waals surface area contributed by atoms with Crippen molar-refractivity contribution in [1.82, 2.24) is 9.80 Å². The highest BCUT2D eigenvalue weighted by Crippen LogP contribution is 2.31. The van der Waals surface area contributed by atoms with E-state index in [0.29, 0.717) is 6.10 Å². The maximum absolute atomic E-state index is 6.27. The van der Waals surface area contributed by atoms with E-state index in [1.54, 1.807) is 0 Å². The zero-order valence-corrected chi connectivity index (χ0v) is 14.1. The molecule has 2 N–H and O–H groups in total. The summed E-state index contributed by atoms with van der Waals surface area (Å²) >= 11 is 0. The van der Waals surface area contributed by atoms with Gasteiger partial charge in [0.2, 0.25) is 0 Å². The van der Waals surface area contributed by atoms with Crippen LogP contribution in [-0.2, 0) is 4.74 Å². The number of likely N-dealkylation sites (tertiary alicyclic amines) is 2. The maximum atomic E-state index is 6.27. The highest BCUT2D eigenvalue weighted by atomic mass is 16.5. The highest BCUT2D eigenvalue weighted by molar-refractivity contribution is 4.96. The first kappa shape index (κ1) is 17.2. The molecule has 2 saturated heterocycles. The van der Waals surface area contributed by atoms with Crippen molar-refractivity contribution >= 4 is 0 Å². The van der Waals surface area contributed by atoms with Gasteiger partial charge in [0.05, 0.1) is 6.10 Å². The molecule has 2 aliphatic rings. The lowest BCUT2D eigenvalue weighted by molar-refractivity contribution is -0.0404. The molecule has 2 heterocycles. The first-order valence-corrected chi connectivity index (χ1v) is 9.03. The van der Waals surface area contributed by atoms with Gasteiger partial charge in [-0.2, -0.15) is 0 Å². The average molecular weight is 297 g/mol. The smallest absolute Gasteiger partial charge is 0.0702 e. The van der Waals surface area contributed by atoms with Crippen LogP contribution in [-0.4, -0.2) is 67.3 Å². The molecule has 2 rings (SSSR count). The molecule has 0 aromatic rings. The largest absolute Gasteiger partial charge is 0.377 e. The Kier molecular flexibility index (Phi) is 6.93. The van der Waals surface area contributed by atoms with E-state index in [1.807, 2.05) is 0 Å². The lowest BCUT2D eigenvalue weighted by atomic mass is 9.86. The molecule has 2 fully saturated rings. The number of nitrogens with two attached hydrogens (primary N) is 1. The van der Waals surface area contributed by atoms with Crippen molar-refractivity contribution in [2.75, 3.05) is 45.9 Å². The van der Waals surface area contributed by atoms with Crippen LogP contribution in [0.1, 0.15) is 52.4 Å². The summed E-state index contributed by atoms with van der Waals surface area (Å²) in [4.78, 5) is 5.25. The van der Waals surface area contributed by atoms with Crippen LogP contribution < -0.4 is 5.73 Å². The van der Waals surface area contributed by atoms with Gasteiger partial charge in [-0.15, -0.1) is 0 Å². The Morgan fingerprint density at radius 1 is 1.14 bits per heavy atom. The van der Waals surface area contributed by atoms with Crippen LogP contribution in [0.3, 0.4) is 0 Å². The van der Waals surface area contributed by atoms with E-state index < -0.39 is 0 Å². The van der Waals surface area contributed by atoms with E-state index in [-0.39, 0.29) is 5.54 Å². The fourth-order valence-corrected chi connectivity index (χ4v) is 3.99. The van der Waals surface area contributed by atoms with Crippen molar-refractivity contribution < 1.29 is 4.74 Å². The van der Waals surface area contributed by atoms with Gasteiger partial charge in [0.1, 0.15) is 0 Å². The number of nitrogens with zero attached hydrogens (tertiary/aromatic N) is 2. The first-order chi connectivity index (χ1) is 10.2. The second-order valence-corrected chi connectivity index (χ2v) is 6.80. The molecule has 2 aliphatic heterocycles. The van der Waals surface area contributed by atoms with Gasteiger partial charge in [-0.25, -0.2) is 0 Å². The molecule has 0 aromatic carbocycles. The van der Waals surface area contributed by atoms with Crippen molar-refractivity contribution in [2.45, 2.75) is 64.0 Å². The van der Waals surface area contributed by atoms with E-state index in [4.69, 9.17) is 10.5 Å². The quantitative estimate of drug-likeness (QED) is 0.815. The van der Waals surface area contributed by atoms with E-state index in [2.05, 4.69) is 23.6 Å². The molecule has 0 bridgehead atoms. The summed E-state index contributed by atoms with van der Waals surface area (Å²) in [5.41, 5.74) is 6.49. The normalized spacial score (nSPS) is 33.0. The van der Waals surface area contributed by atoms with Crippen molar-refractivity contribution in [3.8, 4) is 0 Å². The molecular weight excluding hydrogens is 262 g/mol. The average Bonchev–Trinajstić information content (AvgIpc) is 2.76. The van der Waals surface area contributed by atoms with Crippen LogP contribution in [0.4, 0.5) is 0 Å². The van der Waals surface area contributed by atoms with Crippen LogP contribution in [0.25, 0.3) is 0 Å². The molecule has 0 aliphatic carbocycles. The molecule has 0 amide bonds. The number of hydrogen-bond donors (Lipinski definition) is 1. The summed E-state index contributed by atoms with van der Waals surface area (Å²) in [6.45, 7) is 12.1. The Morgan fingerprint density at radius 3 is 2.71 bits per heavy atom. The van der Waals surface area contributed by atoms with Gasteiger partial charge >= 0.3 is 0 Å². The third kappa shape index (κ3) is 4.41. The van der Waals surface area contributed by atoms with Crippen molar-refractivity contribution in [1.29, 1.82) is 0 Å². The second kappa shape index (κ2) is 8.47. The second-order valence-electron chi connectivity index (χ2n) is 6.80. The lowest BCUT2D eigenvalue weighted by Crippen LogP contribution is -2.58. The molecule has 4 nitrogen and oxygen atoms in total. The summed E-state index contributed by atoms with van der Waals surface area (Å²) < 4.78 is 6.02. The maximum Gasteiger partial charge on any atom is 0.0702 e. The fourth-order valence-electron chi connectivity index (χ4n) is 3.99. The van der Waals surface area contributed by atoms with Gasteiger partial charge in [0, 0.05) is 25.2 Å². The minimum absolute atomic E-state index is 0.220. The summed E-state index contributed by atoms with van der Waals surface area (Å²) in [5, 5.41) is 0. The molecule has 0 aromatic heterocycles. The Balaban J connectivity index is 1.98. The number of piperidine rings is 1. The van der Waals surface area contributed by atoms with Gasteiger partial charge in [0.25, 0.3) is 0 Å². The number of ether oxygens (including phenoxy) is 1. The molecule has 2 atom stereocenters. The van der Waals surface area contributed by atoms with Crippen LogP contribution in [0.2, 0.25) is 0 Å². The van der Waals surface area contributed by atoms with Crippen molar-refractivity contribution in [3.63, 3.8) is 0 Å². The SMILES string of the molecule is CCCOC1CCCN(C2(CN)CCCN(CC)CC2)C1. The Morgan fingerprint density at radius 2 is 2.00 bits per heavy atom. The monoisotopic (exact) mass is 297 g/mol. The van der Waals surface area contributed by atoms with Crippen LogP contribution in [0, 0.1) is 0 Å². The van der Waals surface area contributed by atoms with Gasteiger partial charge < -0.3 is 15.4 Å². The molecule has 2 unspecified atom stereocenters. The summed E-state index contributed by atoms with van der Waals surface area (Å²) in [7, 11) is 0. The van der Waals surface area contributed by atoms with E-state index >= 15 is 0 Å². The third-order valence-corrected chi connectivity index (χ3v) is 5.44. The molecular formula is C17H35N3O. The Bertz CT molecular complexity index is 300. The van der Waals surface area contributed by atoms with Gasteiger partial charge in [-0.3, -0.25) is 4.90 Å². The van der Waals surface area contributed by atoms with Crippen molar-refractivity contribution in [2.24, 2.45) is 5.73 Å². The molecule has 21 heavy (non-hydrogen) atoms. The first-order valence-electron chi connectivity index (χ1n) is 9.03. The summed E-state index contributed by atoms with van der Waals surface area (Å²) in [5.74, 6) is 0. The molecule has 0 saturated carbocycles. The molecule has 0 spiro atoms. The number of rotatable bonds is 6. The van der Waals surface area contributed by atoms with E-state index in [9.17, 15) is 0 Å². The molecule has 124 valence electrons. The third-order valence-electron chi connectivity index (χ3n) is 5.44. The highest BCUT2D eigenvalue weighted by Gasteiger charge is 2.39. The zero-order chi connectivity index (χ0) is 15.1. The van der Waals surface area contributed by atoms with Crippen LogP contribution >= 0.6 is 0 Å². The minimum atomic E-state index is 0.220. The Labute approximate surface area is 131 Å². The lowest BCUT2D eigenvalue weighted by Gasteiger charge is -2.47. The van der Waals surface area contributed by atoms with Gasteiger partial charge in [0.15, 0.2) is 0 Å².